The molecule has 0 bridgehead atoms. The first-order valence-corrected chi connectivity index (χ1v) is 11.2. The molecule has 0 saturated carbocycles. The van der Waals surface area contributed by atoms with Crippen molar-refractivity contribution < 1.29 is 14.3 Å². The highest BCUT2D eigenvalue weighted by atomic mass is 16.5. The number of ether oxygens (including phenoxy) is 2. The monoisotopic (exact) mass is 422 g/mol. The third-order valence-corrected chi connectivity index (χ3v) is 4.88. The lowest BCUT2D eigenvalue weighted by Crippen LogP contribution is -2.00. The van der Waals surface area contributed by atoms with Gasteiger partial charge in [0.25, 0.3) is 0 Å². The predicted molar refractivity (Wildman–Crippen MR) is 125 cm³/mol. The summed E-state index contributed by atoms with van der Waals surface area (Å²) in [7, 11) is 0. The van der Waals surface area contributed by atoms with Gasteiger partial charge < -0.3 is 9.47 Å². The maximum Gasteiger partial charge on any atom is 0.310 e. The Labute approximate surface area is 186 Å². The number of rotatable bonds is 15. The van der Waals surface area contributed by atoms with E-state index in [4.69, 9.17) is 4.74 Å². The maximum atomic E-state index is 11.2. The normalized spacial score (nSPS) is 10.9. The van der Waals surface area contributed by atoms with Gasteiger partial charge in [-0.05, 0) is 74.1 Å². The van der Waals surface area contributed by atoms with Gasteiger partial charge in [0.2, 0.25) is 0 Å². The third kappa shape index (κ3) is 10.6. The number of hydrogen-bond acceptors (Lipinski definition) is 5. The molecule has 0 heterocycles. The highest BCUT2D eigenvalue weighted by molar-refractivity contribution is 5.69. The van der Waals surface area contributed by atoms with Crippen LogP contribution < -0.4 is 4.74 Å². The van der Waals surface area contributed by atoms with E-state index in [1.165, 1.54) is 37.5 Å². The molecule has 31 heavy (non-hydrogen) atoms. The van der Waals surface area contributed by atoms with Crippen molar-refractivity contribution in [1.29, 1.82) is 0 Å². The van der Waals surface area contributed by atoms with Crippen molar-refractivity contribution in [3.05, 3.63) is 66.9 Å². The average molecular weight is 423 g/mol. The first-order chi connectivity index (χ1) is 15.2. The minimum absolute atomic E-state index is 0.237. The van der Waals surface area contributed by atoms with Crippen molar-refractivity contribution in [2.75, 3.05) is 6.61 Å². The van der Waals surface area contributed by atoms with Crippen LogP contribution in [0.5, 0.6) is 5.75 Å². The molecule has 0 unspecified atom stereocenters. The molecule has 0 N–H and O–H groups in total. The molecule has 166 valence electrons. The van der Waals surface area contributed by atoms with Crippen LogP contribution >= 0.6 is 0 Å². The van der Waals surface area contributed by atoms with E-state index < -0.39 is 0 Å². The first kappa shape index (κ1) is 24.3. The molecule has 2 aromatic rings. The number of nitrogens with zero attached hydrogens (tertiary/aromatic N) is 2. The Morgan fingerprint density at radius 3 is 2.16 bits per heavy atom. The van der Waals surface area contributed by atoms with E-state index in [-0.39, 0.29) is 5.97 Å². The van der Waals surface area contributed by atoms with Crippen molar-refractivity contribution in [1.82, 2.24) is 0 Å². The van der Waals surface area contributed by atoms with Crippen LogP contribution in [0.2, 0.25) is 0 Å². The van der Waals surface area contributed by atoms with E-state index in [1.807, 2.05) is 36.4 Å². The van der Waals surface area contributed by atoms with Crippen LogP contribution in [0.25, 0.3) is 0 Å². The molecule has 0 radical (unpaired) electrons. The molecular weight excluding hydrogens is 388 g/mol. The van der Waals surface area contributed by atoms with Crippen molar-refractivity contribution in [3.63, 3.8) is 0 Å². The number of hydrogen-bond donors (Lipinski definition) is 0. The van der Waals surface area contributed by atoms with E-state index in [9.17, 15) is 4.79 Å². The molecular formula is C26H34N2O3. The standard InChI is InChI=1S/C26H34N2O3/c1-3-5-6-8-11-22-13-15-23(16-14-22)27-28-24-17-19-25(20-18-24)31-21-10-7-9-12-26(29)30-4-2/h4,13-20H,2-3,5-12,21H2,1H3. The van der Waals surface area contributed by atoms with Gasteiger partial charge in [-0.2, -0.15) is 10.2 Å². The summed E-state index contributed by atoms with van der Waals surface area (Å²) in [6, 6.07) is 15.9. The minimum Gasteiger partial charge on any atom is -0.494 e. The number of unbranched alkanes of at least 4 members (excludes halogenated alkanes) is 5. The summed E-state index contributed by atoms with van der Waals surface area (Å²) >= 11 is 0. The lowest BCUT2D eigenvalue weighted by atomic mass is 10.1. The summed E-state index contributed by atoms with van der Waals surface area (Å²) in [6.07, 6.45) is 10.4. The lowest BCUT2D eigenvalue weighted by molar-refractivity contribution is -0.138. The Morgan fingerprint density at radius 2 is 1.52 bits per heavy atom. The molecule has 0 fully saturated rings. The van der Waals surface area contributed by atoms with Crippen molar-refractivity contribution in [2.24, 2.45) is 10.2 Å². The molecule has 0 spiro atoms. The fourth-order valence-corrected chi connectivity index (χ4v) is 3.10. The average Bonchev–Trinajstić information content (AvgIpc) is 2.79. The fourth-order valence-electron chi connectivity index (χ4n) is 3.10. The highest BCUT2D eigenvalue weighted by Crippen LogP contribution is 2.22. The quantitative estimate of drug-likeness (QED) is 0.127. The molecule has 0 aromatic heterocycles. The topological polar surface area (TPSA) is 60.2 Å². The van der Waals surface area contributed by atoms with Gasteiger partial charge >= 0.3 is 5.97 Å². The van der Waals surface area contributed by atoms with Crippen molar-refractivity contribution in [2.45, 2.75) is 64.7 Å². The molecule has 0 aliphatic carbocycles. The Hall–Kier alpha value is -2.95. The number of azo groups is 1. The summed E-state index contributed by atoms with van der Waals surface area (Å²) in [4.78, 5) is 11.2. The lowest BCUT2D eigenvalue weighted by Gasteiger charge is -2.06. The third-order valence-electron chi connectivity index (χ3n) is 4.88. The number of aryl methyl sites for hydroxylation is 1. The molecule has 0 aliphatic heterocycles. The number of esters is 1. The van der Waals surface area contributed by atoms with Crippen LogP contribution in [0, 0.1) is 0 Å². The molecule has 0 amide bonds. The Morgan fingerprint density at radius 1 is 0.871 bits per heavy atom. The second-order valence-electron chi connectivity index (χ2n) is 7.49. The summed E-state index contributed by atoms with van der Waals surface area (Å²) in [5.41, 5.74) is 3.00. The van der Waals surface area contributed by atoms with Gasteiger partial charge in [0, 0.05) is 6.42 Å². The van der Waals surface area contributed by atoms with Gasteiger partial charge in [0.1, 0.15) is 5.75 Å². The molecule has 2 rings (SSSR count). The molecule has 0 atom stereocenters. The van der Waals surface area contributed by atoms with Crippen LogP contribution in [0.15, 0.2) is 71.6 Å². The van der Waals surface area contributed by atoms with Crippen LogP contribution in [-0.2, 0) is 16.0 Å². The van der Waals surface area contributed by atoms with Gasteiger partial charge in [0.15, 0.2) is 0 Å². The minimum atomic E-state index is -0.237. The summed E-state index contributed by atoms with van der Waals surface area (Å²) in [5.74, 6) is 0.566. The molecule has 5 heteroatoms. The molecule has 0 saturated heterocycles. The summed E-state index contributed by atoms with van der Waals surface area (Å²) in [5, 5.41) is 8.63. The highest BCUT2D eigenvalue weighted by Gasteiger charge is 2.01. The van der Waals surface area contributed by atoms with E-state index in [0.29, 0.717) is 13.0 Å². The fraction of sp³-hybridized carbons (Fsp3) is 0.423. The van der Waals surface area contributed by atoms with E-state index >= 15 is 0 Å². The van der Waals surface area contributed by atoms with Gasteiger partial charge in [0.05, 0.1) is 24.2 Å². The second kappa shape index (κ2) is 14.9. The van der Waals surface area contributed by atoms with Crippen molar-refractivity contribution >= 4 is 17.3 Å². The second-order valence-corrected chi connectivity index (χ2v) is 7.49. The van der Waals surface area contributed by atoms with Gasteiger partial charge in [-0.15, -0.1) is 0 Å². The van der Waals surface area contributed by atoms with Gasteiger partial charge in [-0.3, -0.25) is 4.79 Å². The van der Waals surface area contributed by atoms with Gasteiger partial charge in [-0.1, -0.05) is 44.9 Å². The zero-order valence-electron chi connectivity index (χ0n) is 18.6. The number of carbonyl (C=O) groups excluding carboxylic acids is 1. The Balaban J connectivity index is 1.67. The smallest absolute Gasteiger partial charge is 0.310 e. The van der Waals surface area contributed by atoms with E-state index in [0.717, 1.165) is 42.8 Å². The molecule has 0 aliphatic rings. The van der Waals surface area contributed by atoms with Crippen LogP contribution in [0.3, 0.4) is 0 Å². The summed E-state index contributed by atoms with van der Waals surface area (Å²) < 4.78 is 10.4. The van der Waals surface area contributed by atoms with Gasteiger partial charge in [-0.25, -0.2) is 0 Å². The van der Waals surface area contributed by atoms with Crippen molar-refractivity contribution in [3.8, 4) is 5.75 Å². The largest absolute Gasteiger partial charge is 0.494 e. The van der Waals surface area contributed by atoms with E-state index in [1.54, 1.807) is 0 Å². The first-order valence-electron chi connectivity index (χ1n) is 11.2. The van der Waals surface area contributed by atoms with Crippen LogP contribution in [0.1, 0.15) is 63.9 Å². The molecule has 2 aromatic carbocycles. The van der Waals surface area contributed by atoms with Crippen LogP contribution in [0.4, 0.5) is 11.4 Å². The number of carbonyl (C=O) groups is 1. The number of benzene rings is 2. The predicted octanol–water partition coefficient (Wildman–Crippen LogP) is 7.85. The molecule has 5 nitrogen and oxygen atoms in total. The maximum absolute atomic E-state index is 11.2. The Bertz CT molecular complexity index is 798. The zero-order chi connectivity index (χ0) is 22.2. The SMILES string of the molecule is C=COC(=O)CCCCCOc1ccc(N=Nc2ccc(CCCCCC)cc2)cc1. The Kier molecular flexibility index (Phi) is 11.7. The van der Waals surface area contributed by atoms with E-state index in [2.05, 4.69) is 40.6 Å². The van der Waals surface area contributed by atoms with Crippen LogP contribution in [-0.4, -0.2) is 12.6 Å². The summed E-state index contributed by atoms with van der Waals surface area (Å²) in [6.45, 7) is 6.21. The zero-order valence-corrected chi connectivity index (χ0v) is 18.6.